The van der Waals surface area contributed by atoms with Gasteiger partial charge in [-0.1, -0.05) is 210 Å². The number of quaternary nitrogens is 1. The predicted molar refractivity (Wildman–Crippen MR) is 272 cm³/mol. The van der Waals surface area contributed by atoms with E-state index in [-0.39, 0.29) is 19.1 Å². The molecule has 0 heterocycles. The fraction of sp³-hybridized carbons (Fsp3) is 0.833. The van der Waals surface area contributed by atoms with Crippen molar-refractivity contribution < 1.29 is 32.9 Å². The van der Waals surface area contributed by atoms with Crippen molar-refractivity contribution in [2.24, 2.45) is 0 Å². The van der Waals surface area contributed by atoms with Gasteiger partial charge < -0.3 is 19.8 Å². The first-order valence-corrected chi connectivity index (χ1v) is 28.0. The molecule has 0 aliphatic heterocycles. The maximum absolute atomic E-state index is 12.9. The average molecular weight is 908 g/mol. The topological polar surface area (TPSA) is 105 Å². The molecule has 0 saturated heterocycles. The van der Waals surface area contributed by atoms with Crippen LogP contribution >= 0.6 is 7.82 Å². The Kier molecular flexibility index (Phi) is 44.5. The number of rotatable bonds is 48. The number of amides is 1. The minimum atomic E-state index is -4.36. The number of nitrogens with zero attached hydrogens (tertiary/aromatic N) is 1. The standard InChI is InChI=1S/C54H103N2O6P/c1-6-8-10-12-14-16-18-20-22-24-25-26-27-28-29-30-31-32-34-36-38-40-42-44-46-48-54(58)55-52(51-62-63(59,60)61-50-49-56(3,4)5)53(57)47-45-43-41-39-37-35-33-23-21-19-17-15-13-11-9-7-2/h21,23,28-29,37,39,45,47,52-53,57H,6-20,22,24-27,30-36,38,40-44,46,48-51H2,1-5H3,(H-,55,58,59,60)/p+1/b23-21+,29-28-,39-37+,47-45+. The molecule has 1 amide bonds. The normalized spacial score (nSPS) is 14.5. The van der Waals surface area contributed by atoms with Crippen LogP contribution in [0.5, 0.6) is 0 Å². The number of carbonyl (C=O) groups is 1. The van der Waals surface area contributed by atoms with Crippen molar-refractivity contribution in [1.29, 1.82) is 0 Å². The van der Waals surface area contributed by atoms with Crippen LogP contribution in [0.2, 0.25) is 0 Å². The highest BCUT2D eigenvalue weighted by Gasteiger charge is 2.27. The fourth-order valence-corrected chi connectivity index (χ4v) is 8.27. The van der Waals surface area contributed by atoms with E-state index in [1.165, 1.54) is 173 Å². The molecule has 0 spiro atoms. The van der Waals surface area contributed by atoms with Gasteiger partial charge in [0.25, 0.3) is 0 Å². The first-order valence-electron chi connectivity index (χ1n) is 26.5. The summed E-state index contributed by atoms with van der Waals surface area (Å²) in [7, 11) is 1.54. The van der Waals surface area contributed by atoms with Gasteiger partial charge in [0.05, 0.1) is 39.9 Å². The zero-order valence-electron chi connectivity index (χ0n) is 42.1. The highest BCUT2D eigenvalue weighted by atomic mass is 31.2. The molecule has 3 unspecified atom stereocenters. The molecule has 0 rings (SSSR count). The van der Waals surface area contributed by atoms with E-state index in [1.54, 1.807) is 6.08 Å². The zero-order valence-corrected chi connectivity index (χ0v) is 43.0. The van der Waals surface area contributed by atoms with Crippen molar-refractivity contribution >= 4 is 13.7 Å². The largest absolute Gasteiger partial charge is 0.472 e. The summed E-state index contributed by atoms with van der Waals surface area (Å²) in [4.78, 5) is 23.2. The third kappa shape index (κ3) is 48.2. The van der Waals surface area contributed by atoms with Gasteiger partial charge in [0.2, 0.25) is 5.91 Å². The van der Waals surface area contributed by atoms with Gasteiger partial charge in [0, 0.05) is 6.42 Å². The molecule has 0 aromatic carbocycles. The molecule has 8 nitrogen and oxygen atoms in total. The van der Waals surface area contributed by atoms with E-state index in [1.807, 2.05) is 27.2 Å². The number of carbonyl (C=O) groups excluding carboxylic acids is 1. The van der Waals surface area contributed by atoms with E-state index in [9.17, 15) is 19.4 Å². The third-order valence-electron chi connectivity index (χ3n) is 11.7. The minimum Gasteiger partial charge on any atom is -0.387 e. The summed E-state index contributed by atoms with van der Waals surface area (Å²) in [6.07, 6.45) is 59.2. The number of unbranched alkanes of at least 4 members (excludes halogenated alkanes) is 29. The van der Waals surface area contributed by atoms with Crippen LogP contribution in [0.1, 0.15) is 239 Å². The van der Waals surface area contributed by atoms with Crippen LogP contribution in [-0.2, 0) is 18.4 Å². The summed E-state index contributed by atoms with van der Waals surface area (Å²) in [5, 5.41) is 13.9. The van der Waals surface area contributed by atoms with E-state index >= 15 is 0 Å². The van der Waals surface area contributed by atoms with Gasteiger partial charge in [0.1, 0.15) is 13.2 Å². The second-order valence-corrected chi connectivity index (χ2v) is 20.7. The highest BCUT2D eigenvalue weighted by Crippen LogP contribution is 2.43. The van der Waals surface area contributed by atoms with E-state index < -0.39 is 20.0 Å². The van der Waals surface area contributed by atoms with Crippen LogP contribution in [0.4, 0.5) is 0 Å². The summed E-state index contributed by atoms with van der Waals surface area (Å²) in [6, 6.07) is -0.871. The van der Waals surface area contributed by atoms with Crippen molar-refractivity contribution in [3.63, 3.8) is 0 Å². The summed E-state index contributed by atoms with van der Waals surface area (Å²) in [5.74, 6) is -0.193. The first kappa shape index (κ1) is 61.5. The lowest BCUT2D eigenvalue weighted by molar-refractivity contribution is -0.870. The van der Waals surface area contributed by atoms with E-state index in [0.29, 0.717) is 17.4 Å². The molecule has 9 heteroatoms. The lowest BCUT2D eigenvalue weighted by Gasteiger charge is -2.25. The smallest absolute Gasteiger partial charge is 0.387 e. The van der Waals surface area contributed by atoms with Crippen molar-refractivity contribution in [3.05, 3.63) is 48.6 Å². The predicted octanol–water partition coefficient (Wildman–Crippen LogP) is 15.6. The molecule has 0 fully saturated rings. The molecular formula is C54H104N2O6P+. The Balaban J connectivity index is 4.28. The van der Waals surface area contributed by atoms with Crippen molar-refractivity contribution in [3.8, 4) is 0 Å². The molecule has 0 aromatic heterocycles. The second kappa shape index (κ2) is 45.6. The Morgan fingerprint density at radius 3 is 1.27 bits per heavy atom. The molecule has 0 saturated carbocycles. The zero-order chi connectivity index (χ0) is 46.4. The summed E-state index contributed by atoms with van der Waals surface area (Å²) >= 11 is 0. The molecule has 0 aliphatic carbocycles. The van der Waals surface area contributed by atoms with E-state index in [4.69, 9.17) is 9.05 Å². The third-order valence-corrected chi connectivity index (χ3v) is 12.7. The van der Waals surface area contributed by atoms with Gasteiger partial charge in [-0.3, -0.25) is 13.8 Å². The lowest BCUT2D eigenvalue weighted by Crippen LogP contribution is -2.45. The molecule has 370 valence electrons. The maximum atomic E-state index is 12.9. The quantitative estimate of drug-likeness (QED) is 0.0243. The van der Waals surface area contributed by atoms with Gasteiger partial charge in [0.15, 0.2) is 0 Å². The lowest BCUT2D eigenvalue weighted by atomic mass is 10.0. The second-order valence-electron chi connectivity index (χ2n) is 19.2. The van der Waals surface area contributed by atoms with Crippen molar-refractivity contribution in [1.82, 2.24) is 5.32 Å². The van der Waals surface area contributed by atoms with Gasteiger partial charge in [-0.2, -0.15) is 0 Å². The average Bonchev–Trinajstić information content (AvgIpc) is 3.24. The SMILES string of the molecule is CCCCCCCC/C=C/CC/C=C/CC/C=C/C(O)C(COP(=O)(O)OCC[N+](C)(C)C)NC(=O)CCCCCCCCCCC/C=C\CCCCCCCCCCCCCC. The van der Waals surface area contributed by atoms with Crippen LogP contribution in [0.25, 0.3) is 0 Å². The monoisotopic (exact) mass is 908 g/mol. The number of phosphoric ester groups is 1. The number of phosphoric acid groups is 1. The van der Waals surface area contributed by atoms with Gasteiger partial charge in [-0.25, -0.2) is 4.57 Å². The maximum Gasteiger partial charge on any atom is 0.472 e. The van der Waals surface area contributed by atoms with Crippen molar-refractivity contribution in [2.75, 3.05) is 40.9 Å². The number of likely N-dealkylation sites (N-methyl/N-ethyl adjacent to an activating group) is 1. The van der Waals surface area contributed by atoms with Gasteiger partial charge in [-0.05, 0) is 70.6 Å². The van der Waals surface area contributed by atoms with Crippen LogP contribution in [0.15, 0.2) is 48.6 Å². The number of nitrogens with one attached hydrogen (secondary N) is 1. The molecule has 0 aliphatic rings. The summed E-state index contributed by atoms with van der Waals surface area (Å²) < 4.78 is 23.6. The molecular weight excluding hydrogens is 804 g/mol. The molecule has 0 bridgehead atoms. The Bertz CT molecular complexity index is 1170. The van der Waals surface area contributed by atoms with E-state index in [0.717, 1.165) is 44.9 Å². The van der Waals surface area contributed by atoms with Crippen LogP contribution in [-0.4, -0.2) is 73.4 Å². The number of aliphatic hydroxyl groups excluding tert-OH is 1. The summed E-state index contributed by atoms with van der Waals surface area (Å²) in [6.45, 7) is 4.79. The number of hydrogen-bond acceptors (Lipinski definition) is 5. The number of hydrogen-bond donors (Lipinski definition) is 3. The van der Waals surface area contributed by atoms with Gasteiger partial charge >= 0.3 is 7.82 Å². The highest BCUT2D eigenvalue weighted by molar-refractivity contribution is 7.47. The molecule has 3 atom stereocenters. The fourth-order valence-electron chi connectivity index (χ4n) is 7.54. The molecule has 3 N–H and O–H groups in total. The Morgan fingerprint density at radius 1 is 0.524 bits per heavy atom. The number of allylic oxidation sites excluding steroid dienone is 7. The first-order chi connectivity index (χ1) is 30.5. The molecule has 63 heavy (non-hydrogen) atoms. The Morgan fingerprint density at radius 2 is 0.873 bits per heavy atom. The van der Waals surface area contributed by atoms with E-state index in [2.05, 4.69) is 55.6 Å². The Labute approximate surface area is 390 Å². The van der Waals surface area contributed by atoms with Crippen LogP contribution in [0, 0.1) is 0 Å². The van der Waals surface area contributed by atoms with Crippen LogP contribution in [0.3, 0.4) is 0 Å². The summed E-state index contributed by atoms with van der Waals surface area (Å²) in [5.41, 5.74) is 0. The van der Waals surface area contributed by atoms with Gasteiger partial charge in [-0.15, -0.1) is 0 Å². The Hall–Kier alpha value is -1.54. The number of aliphatic hydroxyl groups is 1. The van der Waals surface area contributed by atoms with Crippen molar-refractivity contribution in [2.45, 2.75) is 251 Å². The molecule has 0 radical (unpaired) electrons. The minimum absolute atomic E-state index is 0.0525. The van der Waals surface area contributed by atoms with Crippen LogP contribution < -0.4 is 5.32 Å². The molecule has 0 aromatic rings.